The van der Waals surface area contributed by atoms with Crippen molar-refractivity contribution in [3.8, 4) is 11.4 Å². The third-order valence-electron chi connectivity index (χ3n) is 4.51. The number of carbonyl (C=O) groups is 1. The van der Waals surface area contributed by atoms with Gasteiger partial charge in [-0.2, -0.15) is 9.78 Å². The van der Waals surface area contributed by atoms with Gasteiger partial charge in [-0.1, -0.05) is 48.0 Å². The van der Waals surface area contributed by atoms with Crippen LogP contribution >= 0.6 is 11.6 Å². The predicted molar refractivity (Wildman–Crippen MR) is 118 cm³/mol. The van der Waals surface area contributed by atoms with Crippen LogP contribution in [0.25, 0.3) is 16.5 Å². The van der Waals surface area contributed by atoms with E-state index in [2.05, 4.69) is 10.4 Å². The zero-order valence-corrected chi connectivity index (χ0v) is 16.9. The van der Waals surface area contributed by atoms with Crippen molar-refractivity contribution < 1.29 is 9.53 Å². The maximum absolute atomic E-state index is 13.2. The smallest absolute Gasteiger partial charge is 0.279 e. The minimum atomic E-state index is -0.473. The van der Waals surface area contributed by atoms with E-state index in [0.29, 0.717) is 39.5 Å². The molecule has 0 aliphatic rings. The second-order valence-electron chi connectivity index (χ2n) is 6.47. The second-order valence-corrected chi connectivity index (χ2v) is 6.91. The molecule has 0 atom stereocenters. The number of nitrogens with one attached hydrogen (secondary N) is 1. The maximum Gasteiger partial charge on any atom is 0.279 e. The molecule has 1 N–H and O–H groups in total. The van der Waals surface area contributed by atoms with Crippen LogP contribution in [0.1, 0.15) is 17.4 Å². The third-order valence-corrected chi connectivity index (χ3v) is 4.75. The van der Waals surface area contributed by atoms with Crippen LogP contribution in [0.4, 0.5) is 5.69 Å². The van der Waals surface area contributed by atoms with E-state index in [1.165, 1.54) is 4.68 Å². The molecule has 0 fully saturated rings. The largest absolute Gasteiger partial charge is 0.492 e. The molecule has 1 heterocycles. The number of amides is 1. The molecule has 0 spiro atoms. The van der Waals surface area contributed by atoms with Crippen LogP contribution in [-0.4, -0.2) is 22.3 Å². The lowest BCUT2D eigenvalue weighted by molar-refractivity contribution is 0.102. The first kappa shape index (κ1) is 19.7. The molecule has 0 bridgehead atoms. The fraction of sp³-hybridized carbons (Fsp3) is 0.0870. The molecule has 0 radical (unpaired) electrons. The van der Waals surface area contributed by atoms with E-state index in [9.17, 15) is 9.59 Å². The molecule has 1 aromatic heterocycles. The number of benzene rings is 3. The average Bonchev–Trinajstić information content (AvgIpc) is 2.77. The molecule has 0 saturated heterocycles. The van der Waals surface area contributed by atoms with E-state index in [1.54, 1.807) is 66.7 Å². The van der Waals surface area contributed by atoms with E-state index >= 15 is 0 Å². The molecule has 3 aromatic carbocycles. The van der Waals surface area contributed by atoms with Crippen molar-refractivity contribution in [3.63, 3.8) is 0 Å². The summed E-state index contributed by atoms with van der Waals surface area (Å²) >= 11 is 6.10. The quantitative estimate of drug-likeness (QED) is 0.509. The van der Waals surface area contributed by atoms with E-state index < -0.39 is 5.91 Å². The number of hydrogen-bond donors (Lipinski definition) is 1. The highest BCUT2D eigenvalue weighted by Gasteiger charge is 2.19. The Hall–Kier alpha value is -3.64. The average molecular weight is 420 g/mol. The zero-order valence-electron chi connectivity index (χ0n) is 16.1. The Balaban J connectivity index is 1.85. The van der Waals surface area contributed by atoms with E-state index in [0.717, 1.165) is 0 Å². The summed E-state index contributed by atoms with van der Waals surface area (Å²) in [5.41, 5.74) is 0.820. The summed E-state index contributed by atoms with van der Waals surface area (Å²) < 4.78 is 6.81. The molecule has 0 aliphatic carbocycles. The monoisotopic (exact) mass is 419 g/mol. The van der Waals surface area contributed by atoms with Gasteiger partial charge in [-0.15, -0.1) is 0 Å². The van der Waals surface area contributed by atoms with Gasteiger partial charge >= 0.3 is 0 Å². The Labute approximate surface area is 177 Å². The normalized spacial score (nSPS) is 10.7. The summed E-state index contributed by atoms with van der Waals surface area (Å²) in [6, 6.07) is 20.9. The number of anilines is 1. The van der Waals surface area contributed by atoms with Crippen LogP contribution in [0.3, 0.4) is 0 Å². The van der Waals surface area contributed by atoms with Crippen molar-refractivity contribution in [2.75, 3.05) is 11.9 Å². The SMILES string of the molecule is CCOc1ccc(Cl)cc1NC(=O)c1nn(-c2ccccc2)c(=O)c2ccccc12. The number of halogens is 1. The zero-order chi connectivity index (χ0) is 21.1. The van der Waals surface area contributed by atoms with Crippen molar-refractivity contribution in [2.24, 2.45) is 0 Å². The molecular formula is C23H18ClN3O3. The van der Waals surface area contributed by atoms with E-state index in [-0.39, 0.29) is 11.3 Å². The number of nitrogens with zero attached hydrogens (tertiary/aromatic N) is 2. The highest BCUT2D eigenvalue weighted by atomic mass is 35.5. The molecule has 1 amide bonds. The minimum absolute atomic E-state index is 0.122. The van der Waals surface area contributed by atoms with Crippen LogP contribution in [0.2, 0.25) is 5.02 Å². The minimum Gasteiger partial charge on any atom is -0.492 e. The summed E-state index contributed by atoms with van der Waals surface area (Å²) in [4.78, 5) is 26.2. The van der Waals surface area contributed by atoms with Crippen LogP contribution < -0.4 is 15.6 Å². The Morgan fingerprint density at radius 3 is 2.47 bits per heavy atom. The van der Waals surface area contributed by atoms with Gasteiger partial charge in [-0.05, 0) is 43.3 Å². The summed E-state index contributed by atoms with van der Waals surface area (Å²) in [6.07, 6.45) is 0. The molecule has 150 valence electrons. The fourth-order valence-corrected chi connectivity index (χ4v) is 3.34. The molecule has 4 rings (SSSR count). The van der Waals surface area contributed by atoms with E-state index in [1.807, 2.05) is 13.0 Å². The van der Waals surface area contributed by atoms with Crippen LogP contribution in [-0.2, 0) is 0 Å². The summed E-state index contributed by atoms with van der Waals surface area (Å²) in [5.74, 6) is 0.0232. The molecule has 0 saturated carbocycles. The van der Waals surface area contributed by atoms with Gasteiger partial charge in [0.25, 0.3) is 11.5 Å². The third kappa shape index (κ3) is 3.77. The molecular weight excluding hydrogens is 402 g/mol. The molecule has 0 unspecified atom stereocenters. The predicted octanol–water partition coefficient (Wildman–Crippen LogP) is 4.69. The number of rotatable bonds is 5. The lowest BCUT2D eigenvalue weighted by atomic mass is 10.1. The Morgan fingerprint density at radius 2 is 1.73 bits per heavy atom. The van der Waals surface area contributed by atoms with Gasteiger partial charge in [0, 0.05) is 10.4 Å². The standard InChI is InChI=1S/C23H18ClN3O3/c1-2-30-20-13-12-15(24)14-19(20)25-22(28)21-17-10-6-7-11-18(17)23(29)27(26-21)16-8-4-3-5-9-16/h3-14H,2H2,1H3,(H,25,28). The highest BCUT2D eigenvalue weighted by Crippen LogP contribution is 2.29. The van der Waals surface area contributed by atoms with Crippen LogP contribution in [0.15, 0.2) is 77.6 Å². The first-order valence-electron chi connectivity index (χ1n) is 9.39. The number of ether oxygens (including phenoxy) is 1. The molecule has 4 aromatic rings. The van der Waals surface area contributed by atoms with Gasteiger partial charge in [-0.25, -0.2) is 0 Å². The fourth-order valence-electron chi connectivity index (χ4n) is 3.16. The van der Waals surface area contributed by atoms with Gasteiger partial charge in [0.1, 0.15) is 5.75 Å². The maximum atomic E-state index is 13.2. The van der Waals surface area contributed by atoms with Crippen molar-refractivity contribution >= 4 is 34.0 Å². The van der Waals surface area contributed by atoms with E-state index in [4.69, 9.17) is 16.3 Å². The second kappa shape index (κ2) is 8.39. The summed E-state index contributed by atoms with van der Waals surface area (Å²) in [7, 11) is 0. The molecule has 6 nitrogen and oxygen atoms in total. The van der Waals surface area contributed by atoms with Crippen LogP contribution in [0, 0.1) is 0 Å². The Morgan fingerprint density at radius 1 is 1.03 bits per heavy atom. The van der Waals surface area contributed by atoms with Gasteiger partial charge in [0.05, 0.1) is 23.4 Å². The van der Waals surface area contributed by atoms with Gasteiger partial charge in [0.2, 0.25) is 0 Å². The van der Waals surface area contributed by atoms with Gasteiger partial charge < -0.3 is 10.1 Å². The van der Waals surface area contributed by atoms with Gasteiger partial charge in [0.15, 0.2) is 5.69 Å². The lowest BCUT2D eigenvalue weighted by Gasteiger charge is -2.14. The van der Waals surface area contributed by atoms with Crippen LogP contribution in [0.5, 0.6) is 5.75 Å². The number of fused-ring (bicyclic) bond motifs is 1. The molecule has 0 aliphatic heterocycles. The molecule has 7 heteroatoms. The van der Waals surface area contributed by atoms with Gasteiger partial charge in [-0.3, -0.25) is 9.59 Å². The Bertz CT molecular complexity index is 1290. The van der Waals surface area contributed by atoms with Crippen molar-refractivity contribution in [3.05, 3.63) is 93.9 Å². The van der Waals surface area contributed by atoms with Crippen molar-refractivity contribution in [1.82, 2.24) is 9.78 Å². The number of hydrogen-bond acceptors (Lipinski definition) is 4. The lowest BCUT2D eigenvalue weighted by Crippen LogP contribution is -2.26. The Kier molecular flexibility index (Phi) is 5.50. The summed E-state index contributed by atoms with van der Waals surface area (Å²) in [5, 5.41) is 8.52. The number of para-hydroxylation sites is 1. The van der Waals surface area contributed by atoms with Crippen molar-refractivity contribution in [1.29, 1.82) is 0 Å². The summed E-state index contributed by atoms with van der Waals surface area (Å²) in [6.45, 7) is 2.29. The number of aromatic nitrogens is 2. The molecule has 30 heavy (non-hydrogen) atoms. The topological polar surface area (TPSA) is 73.2 Å². The highest BCUT2D eigenvalue weighted by molar-refractivity contribution is 6.31. The first-order valence-corrected chi connectivity index (χ1v) is 9.77. The first-order chi connectivity index (χ1) is 14.6. The number of carbonyl (C=O) groups excluding carboxylic acids is 1. The van der Waals surface area contributed by atoms with Crippen molar-refractivity contribution in [2.45, 2.75) is 6.92 Å².